The van der Waals surface area contributed by atoms with Crippen molar-refractivity contribution in [3.8, 4) is 0 Å². The number of rotatable bonds is 9. The van der Waals surface area contributed by atoms with Crippen molar-refractivity contribution < 1.29 is 22.7 Å². The van der Waals surface area contributed by atoms with E-state index in [2.05, 4.69) is 5.32 Å². The van der Waals surface area contributed by atoms with E-state index in [1.807, 2.05) is 0 Å². The summed E-state index contributed by atoms with van der Waals surface area (Å²) in [5.41, 5.74) is 0.351. The molecule has 0 saturated carbocycles. The highest BCUT2D eigenvalue weighted by atomic mass is 32.2. The van der Waals surface area contributed by atoms with Gasteiger partial charge in [0.2, 0.25) is 15.9 Å². The Bertz CT molecular complexity index is 686. The molecule has 0 saturated heterocycles. The van der Waals surface area contributed by atoms with Crippen LogP contribution in [0.25, 0.3) is 0 Å². The van der Waals surface area contributed by atoms with Gasteiger partial charge < -0.3 is 15.0 Å². The molecule has 0 radical (unpaired) electrons. The summed E-state index contributed by atoms with van der Waals surface area (Å²) in [5, 5.41) is 2.71. The van der Waals surface area contributed by atoms with Gasteiger partial charge >= 0.3 is 0 Å². The summed E-state index contributed by atoms with van der Waals surface area (Å²) < 4.78 is 30.0. The SMILES string of the molecule is COCCN(CCNC(=O)c1ccc(S(=O)(=O)N(C)C)cc1)C(C)=O. The van der Waals surface area contributed by atoms with Crippen LogP contribution in [0.15, 0.2) is 29.2 Å². The van der Waals surface area contributed by atoms with Gasteiger partial charge in [-0.3, -0.25) is 9.59 Å². The van der Waals surface area contributed by atoms with Crippen molar-refractivity contribution in [2.75, 3.05) is 47.4 Å². The highest BCUT2D eigenvalue weighted by molar-refractivity contribution is 7.89. The molecule has 0 aliphatic rings. The van der Waals surface area contributed by atoms with Gasteiger partial charge in [-0.2, -0.15) is 0 Å². The Kier molecular flexibility index (Phi) is 8.01. The molecule has 2 amide bonds. The minimum absolute atomic E-state index is 0.0930. The second kappa shape index (κ2) is 9.50. The summed E-state index contributed by atoms with van der Waals surface area (Å²) in [5.74, 6) is -0.423. The lowest BCUT2D eigenvalue weighted by molar-refractivity contribution is -0.129. The van der Waals surface area contributed by atoms with Crippen LogP contribution in [0.1, 0.15) is 17.3 Å². The Hall–Kier alpha value is -1.97. The number of nitrogens with one attached hydrogen (secondary N) is 1. The molecule has 0 unspecified atom stereocenters. The third-order valence-corrected chi connectivity index (χ3v) is 5.40. The molecule has 0 fully saturated rings. The van der Waals surface area contributed by atoms with Crippen LogP contribution >= 0.6 is 0 Å². The lowest BCUT2D eigenvalue weighted by Gasteiger charge is -2.20. The first-order valence-corrected chi connectivity index (χ1v) is 9.19. The Labute approximate surface area is 148 Å². The van der Waals surface area contributed by atoms with E-state index in [4.69, 9.17) is 4.74 Å². The summed E-state index contributed by atoms with van der Waals surface area (Å²) in [7, 11) is 0.925. The number of sulfonamides is 1. The Morgan fingerprint density at radius 3 is 2.20 bits per heavy atom. The van der Waals surface area contributed by atoms with E-state index in [9.17, 15) is 18.0 Å². The lowest BCUT2D eigenvalue weighted by Crippen LogP contribution is -2.39. The maximum Gasteiger partial charge on any atom is 0.251 e. The normalized spacial score (nSPS) is 11.4. The predicted octanol–water partition coefficient (Wildman–Crippen LogP) is 0.162. The predicted molar refractivity (Wildman–Crippen MR) is 93.8 cm³/mol. The van der Waals surface area contributed by atoms with Crippen molar-refractivity contribution in [3.05, 3.63) is 29.8 Å². The highest BCUT2D eigenvalue weighted by Crippen LogP contribution is 2.13. The first kappa shape index (κ1) is 21.1. The molecule has 0 spiro atoms. The van der Waals surface area contributed by atoms with Gasteiger partial charge in [-0.1, -0.05) is 0 Å². The fourth-order valence-electron chi connectivity index (χ4n) is 2.02. The van der Waals surface area contributed by atoms with Crippen LogP contribution in [0.5, 0.6) is 0 Å². The molecule has 1 aromatic carbocycles. The molecule has 0 bridgehead atoms. The molecule has 1 N–H and O–H groups in total. The van der Waals surface area contributed by atoms with E-state index in [0.717, 1.165) is 4.31 Å². The number of ether oxygens (including phenoxy) is 1. The van der Waals surface area contributed by atoms with E-state index in [-0.39, 0.29) is 16.7 Å². The molecular weight excluding hydrogens is 346 g/mol. The van der Waals surface area contributed by atoms with E-state index in [0.29, 0.717) is 31.8 Å². The second-order valence-corrected chi connectivity index (χ2v) is 7.72. The number of carbonyl (C=O) groups excluding carboxylic acids is 2. The largest absolute Gasteiger partial charge is 0.383 e. The minimum atomic E-state index is -3.52. The molecular formula is C16H25N3O5S. The molecule has 8 nitrogen and oxygen atoms in total. The molecule has 1 aromatic rings. The highest BCUT2D eigenvalue weighted by Gasteiger charge is 2.17. The lowest BCUT2D eigenvalue weighted by atomic mass is 10.2. The average Bonchev–Trinajstić information content (AvgIpc) is 2.57. The van der Waals surface area contributed by atoms with Crippen molar-refractivity contribution in [3.63, 3.8) is 0 Å². The third kappa shape index (κ3) is 6.11. The first-order chi connectivity index (χ1) is 11.7. The van der Waals surface area contributed by atoms with Crippen molar-refractivity contribution >= 4 is 21.8 Å². The Morgan fingerprint density at radius 1 is 1.12 bits per heavy atom. The van der Waals surface area contributed by atoms with Crippen molar-refractivity contribution in [2.24, 2.45) is 0 Å². The smallest absolute Gasteiger partial charge is 0.251 e. The van der Waals surface area contributed by atoms with Gasteiger partial charge in [-0.15, -0.1) is 0 Å². The van der Waals surface area contributed by atoms with Gasteiger partial charge in [-0.25, -0.2) is 12.7 Å². The van der Waals surface area contributed by atoms with Crippen LogP contribution in [0.3, 0.4) is 0 Å². The number of hydrogen-bond acceptors (Lipinski definition) is 5. The Morgan fingerprint density at radius 2 is 1.72 bits per heavy atom. The molecule has 0 aliphatic heterocycles. The van der Waals surface area contributed by atoms with E-state index in [1.165, 1.54) is 45.3 Å². The number of hydrogen-bond donors (Lipinski definition) is 1. The summed E-state index contributed by atoms with van der Waals surface area (Å²) in [4.78, 5) is 25.3. The monoisotopic (exact) mass is 371 g/mol. The summed E-state index contributed by atoms with van der Waals surface area (Å²) in [6.45, 7) is 3.01. The van der Waals surface area contributed by atoms with E-state index in [1.54, 1.807) is 12.0 Å². The maximum atomic E-state index is 12.1. The number of benzene rings is 1. The zero-order valence-electron chi connectivity index (χ0n) is 15.0. The molecule has 140 valence electrons. The van der Waals surface area contributed by atoms with Crippen LogP contribution in [0.4, 0.5) is 0 Å². The van der Waals surface area contributed by atoms with E-state index < -0.39 is 10.0 Å². The quantitative estimate of drug-likeness (QED) is 0.667. The molecule has 0 aliphatic carbocycles. The molecule has 25 heavy (non-hydrogen) atoms. The maximum absolute atomic E-state index is 12.1. The fourth-order valence-corrected chi connectivity index (χ4v) is 2.93. The summed E-state index contributed by atoms with van der Waals surface area (Å²) >= 11 is 0. The number of methoxy groups -OCH3 is 1. The minimum Gasteiger partial charge on any atom is -0.383 e. The van der Waals surface area contributed by atoms with Gasteiger partial charge in [-0.05, 0) is 24.3 Å². The van der Waals surface area contributed by atoms with Crippen LogP contribution in [0.2, 0.25) is 0 Å². The fraction of sp³-hybridized carbons (Fsp3) is 0.500. The number of carbonyl (C=O) groups is 2. The van der Waals surface area contributed by atoms with Crippen molar-refractivity contribution in [2.45, 2.75) is 11.8 Å². The standard InChI is InChI=1S/C16H25N3O5S/c1-13(20)19(11-12-24-4)10-9-17-16(21)14-5-7-15(8-6-14)25(22,23)18(2)3/h5-8H,9-12H2,1-4H3,(H,17,21). The van der Waals surface area contributed by atoms with Gasteiger partial charge in [0.05, 0.1) is 11.5 Å². The zero-order valence-corrected chi connectivity index (χ0v) is 15.8. The van der Waals surface area contributed by atoms with Crippen LogP contribution < -0.4 is 5.32 Å². The molecule has 9 heteroatoms. The van der Waals surface area contributed by atoms with Gasteiger partial charge in [0.15, 0.2) is 0 Å². The summed E-state index contributed by atoms with van der Waals surface area (Å²) in [6, 6.07) is 5.70. The number of nitrogens with zero attached hydrogens (tertiary/aromatic N) is 2. The van der Waals surface area contributed by atoms with Crippen molar-refractivity contribution in [1.82, 2.24) is 14.5 Å². The van der Waals surface area contributed by atoms with Gasteiger partial charge in [0.1, 0.15) is 0 Å². The van der Waals surface area contributed by atoms with Crippen LogP contribution in [0, 0.1) is 0 Å². The van der Waals surface area contributed by atoms with E-state index >= 15 is 0 Å². The van der Waals surface area contributed by atoms with Gasteiger partial charge in [0, 0.05) is 53.3 Å². The van der Waals surface area contributed by atoms with Gasteiger partial charge in [0.25, 0.3) is 5.91 Å². The van der Waals surface area contributed by atoms with Crippen LogP contribution in [-0.2, 0) is 19.6 Å². The average molecular weight is 371 g/mol. The zero-order chi connectivity index (χ0) is 19.0. The van der Waals surface area contributed by atoms with Crippen molar-refractivity contribution in [1.29, 1.82) is 0 Å². The topological polar surface area (TPSA) is 96.0 Å². The second-order valence-electron chi connectivity index (χ2n) is 5.57. The Balaban J connectivity index is 2.62. The third-order valence-electron chi connectivity index (χ3n) is 3.57. The summed E-state index contributed by atoms with van der Waals surface area (Å²) in [6.07, 6.45) is 0. The molecule has 0 aromatic heterocycles. The molecule has 1 rings (SSSR count). The number of amides is 2. The molecule has 0 atom stereocenters. The van der Waals surface area contributed by atoms with Crippen LogP contribution in [-0.4, -0.2) is 76.9 Å². The first-order valence-electron chi connectivity index (χ1n) is 7.75. The molecule has 0 heterocycles.